The maximum absolute atomic E-state index is 12.3. The molecule has 0 spiro atoms. The number of halogens is 3. The molecule has 1 aromatic heterocycles. The first kappa shape index (κ1) is 11.5. The van der Waals surface area contributed by atoms with Gasteiger partial charge >= 0.3 is 6.18 Å². The molecule has 0 amide bonds. The van der Waals surface area contributed by atoms with E-state index in [0.717, 1.165) is 0 Å². The topological polar surface area (TPSA) is 38.9 Å². The highest BCUT2D eigenvalue weighted by molar-refractivity contribution is 7.11. The lowest BCUT2D eigenvalue weighted by Crippen LogP contribution is -2.03. The van der Waals surface area contributed by atoms with Crippen LogP contribution in [0.1, 0.15) is 22.0 Å². The molecule has 1 aromatic rings. The molecule has 0 fully saturated rings. The second-order valence-corrected chi connectivity index (χ2v) is 4.00. The zero-order chi connectivity index (χ0) is 10.8. The van der Waals surface area contributed by atoms with Crippen LogP contribution in [0, 0.1) is 6.92 Å². The van der Waals surface area contributed by atoms with E-state index >= 15 is 0 Å². The highest BCUT2D eigenvalue weighted by Crippen LogP contribution is 2.36. The molecule has 2 N–H and O–H groups in total. The van der Waals surface area contributed by atoms with E-state index in [2.05, 4.69) is 4.98 Å². The molecule has 0 aromatic carbocycles. The van der Waals surface area contributed by atoms with Crippen molar-refractivity contribution in [1.29, 1.82) is 0 Å². The molecule has 6 heteroatoms. The van der Waals surface area contributed by atoms with Crippen molar-refractivity contribution in [2.24, 2.45) is 5.73 Å². The molecule has 0 aliphatic rings. The summed E-state index contributed by atoms with van der Waals surface area (Å²) in [6.07, 6.45) is -3.08. The van der Waals surface area contributed by atoms with E-state index in [0.29, 0.717) is 35.7 Å². The van der Waals surface area contributed by atoms with Gasteiger partial charge in [0.15, 0.2) is 0 Å². The summed E-state index contributed by atoms with van der Waals surface area (Å²) >= 11 is 0.715. The summed E-state index contributed by atoms with van der Waals surface area (Å²) in [6, 6.07) is 0. The second kappa shape index (κ2) is 4.27. The highest BCUT2D eigenvalue weighted by Gasteiger charge is 2.35. The summed E-state index contributed by atoms with van der Waals surface area (Å²) < 4.78 is 37.0. The summed E-state index contributed by atoms with van der Waals surface area (Å²) in [7, 11) is 0. The lowest BCUT2D eigenvalue weighted by molar-refractivity contribution is -0.134. The predicted octanol–water partition coefficient (Wildman–Crippen LogP) is 2.36. The van der Waals surface area contributed by atoms with Crippen LogP contribution >= 0.6 is 11.3 Å². The monoisotopic (exact) mass is 224 g/mol. The van der Waals surface area contributed by atoms with Gasteiger partial charge in [-0.1, -0.05) is 0 Å². The molecular formula is C8H11F3N2S. The molecule has 2 nitrogen and oxygen atoms in total. The van der Waals surface area contributed by atoms with Crippen LogP contribution in [0.4, 0.5) is 13.2 Å². The van der Waals surface area contributed by atoms with E-state index in [1.165, 1.54) is 6.92 Å². The normalized spacial score (nSPS) is 12.1. The third-order valence-electron chi connectivity index (χ3n) is 1.69. The quantitative estimate of drug-likeness (QED) is 0.856. The van der Waals surface area contributed by atoms with E-state index in [9.17, 15) is 13.2 Å². The number of nitrogens with two attached hydrogens (primary N) is 1. The minimum Gasteiger partial charge on any atom is -0.330 e. The lowest BCUT2D eigenvalue weighted by atomic mass is 10.3. The molecule has 0 unspecified atom stereocenters. The summed E-state index contributed by atoms with van der Waals surface area (Å²) in [5.41, 5.74) is 5.33. The Morgan fingerprint density at radius 2 is 2.07 bits per heavy atom. The number of nitrogens with zero attached hydrogens (tertiary/aromatic N) is 1. The van der Waals surface area contributed by atoms with E-state index in [1.807, 2.05) is 0 Å². The van der Waals surface area contributed by atoms with Crippen molar-refractivity contribution < 1.29 is 13.2 Å². The number of thiazole rings is 1. The maximum atomic E-state index is 12.3. The average molecular weight is 224 g/mol. The molecule has 1 heterocycles. The van der Waals surface area contributed by atoms with Gasteiger partial charge in [-0.05, 0) is 19.9 Å². The third kappa shape index (κ3) is 2.68. The fourth-order valence-electron chi connectivity index (χ4n) is 1.08. The standard InChI is InChI=1S/C8H11F3N2S/c1-5-7(8(9,10)11)14-6(13-5)3-2-4-12/h2-4,12H2,1H3. The number of alkyl halides is 3. The summed E-state index contributed by atoms with van der Waals surface area (Å²) in [5.74, 6) is 0. The number of aromatic nitrogens is 1. The zero-order valence-corrected chi connectivity index (χ0v) is 8.50. The highest BCUT2D eigenvalue weighted by atomic mass is 32.1. The molecule has 14 heavy (non-hydrogen) atoms. The number of aryl methyl sites for hydroxylation is 2. The Hall–Kier alpha value is -0.620. The smallest absolute Gasteiger partial charge is 0.330 e. The van der Waals surface area contributed by atoms with Crippen LogP contribution in [0.15, 0.2) is 0 Å². The van der Waals surface area contributed by atoms with E-state index in [4.69, 9.17) is 5.73 Å². The van der Waals surface area contributed by atoms with Crippen LogP contribution in [0.5, 0.6) is 0 Å². The van der Waals surface area contributed by atoms with Crippen LogP contribution in [-0.4, -0.2) is 11.5 Å². The third-order valence-corrected chi connectivity index (χ3v) is 2.96. The van der Waals surface area contributed by atoms with Crippen molar-refractivity contribution in [3.63, 3.8) is 0 Å². The fourth-order valence-corrected chi connectivity index (χ4v) is 2.05. The van der Waals surface area contributed by atoms with Gasteiger partial charge in [-0.3, -0.25) is 0 Å². The minimum atomic E-state index is -4.28. The van der Waals surface area contributed by atoms with E-state index in [-0.39, 0.29) is 5.69 Å². The molecule has 0 aliphatic carbocycles. The first-order valence-corrected chi connectivity index (χ1v) is 5.00. The summed E-state index contributed by atoms with van der Waals surface area (Å²) in [4.78, 5) is 3.26. The molecule has 0 bridgehead atoms. The van der Waals surface area contributed by atoms with Gasteiger partial charge in [0.05, 0.1) is 10.7 Å². The first-order valence-electron chi connectivity index (χ1n) is 4.18. The molecule has 1 rings (SSSR count). The van der Waals surface area contributed by atoms with Crippen LogP contribution in [0.2, 0.25) is 0 Å². The van der Waals surface area contributed by atoms with Crippen molar-refractivity contribution in [3.05, 3.63) is 15.6 Å². The van der Waals surface area contributed by atoms with Gasteiger partial charge in [0, 0.05) is 6.42 Å². The number of hydrogen-bond acceptors (Lipinski definition) is 3. The van der Waals surface area contributed by atoms with Gasteiger partial charge < -0.3 is 5.73 Å². The molecule has 0 atom stereocenters. The van der Waals surface area contributed by atoms with Crippen molar-refractivity contribution in [2.45, 2.75) is 25.9 Å². The van der Waals surface area contributed by atoms with Gasteiger partial charge in [0.25, 0.3) is 0 Å². The van der Waals surface area contributed by atoms with E-state index in [1.54, 1.807) is 0 Å². The predicted molar refractivity (Wildman–Crippen MR) is 49.2 cm³/mol. The Labute approximate surface area is 84.0 Å². The second-order valence-electron chi connectivity index (χ2n) is 2.91. The lowest BCUT2D eigenvalue weighted by Gasteiger charge is -2.01. The number of rotatable bonds is 3. The maximum Gasteiger partial charge on any atom is 0.427 e. The molecule has 0 radical (unpaired) electrons. The molecular weight excluding hydrogens is 213 g/mol. The zero-order valence-electron chi connectivity index (χ0n) is 7.69. The SMILES string of the molecule is Cc1nc(CCCN)sc1C(F)(F)F. The van der Waals surface area contributed by atoms with Gasteiger partial charge in [-0.2, -0.15) is 13.2 Å². The van der Waals surface area contributed by atoms with Crippen molar-refractivity contribution in [1.82, 2.24) is 4.98 Å². The van der Waals surface area contributed by atoms with Crippen LogP contribution in [0.3, 0.4) is 0 Å². The Kier molecular flexibility index (Phi) is 3.49. The fraction of sp³-hybridized carbons (Fsp3) is 0.625. The summed E-state index contributed by atoms with van der Waals surface area (Å²) in [5, 5.41) is 0.514. The molecule has 80 valence electrons. The number of hydrogen-bond donors (Lipinski definition) is 1. The molecule has 0 saturated carbocycles. The van der Waals surface area contributed by atoms with Crippen LogP contribution < -0.4 is 5.73 Å². The van der Waals surface area contributed by atoms with Crippen LogP contribution in [-0.2, 0) is 12.6 Å². The first-order chi connectivity index (χ1) is 6.45. The Balaban J connectivity index is 2.83. The summed E-state index contributed by atoms with van der Waals surface area (Å²) in [6.45, 7) is 1.85. The van der Waals surface area contributed by atoms with Gasteiger partial charge in [0.2, 0.25) is 0 Å². The van der Waals surface area contributed by atoms with Crippen LogP contribution in [0.25, 0.3) is 0 Å². The average Bonchev–Trinajstić information content (AvgIpc) is 2.42. The van der Waals surface area contributed by atoms with Crippen molar-refractivity contribution >= 4 is 11.3 Å². The largest absolute Gasteiger partial charge is 0.427 e. The Morgan fingerprint density at radius 1 is 1.43 bits per heavy atom. The van der Waals surface area contributed by atoms with Gasteiger partial charge in [-0.15, -0.1) is 11.3 Å². The van der Waals surface area contributed by atoms with Crippen molar-refractivity contribution in [3.8, 4) is 0 Å². The van der Waals surface area contributed by atoms with Gasteiger partial charge in [0.1, 0.15) is 4.88 Å². The Bertz CT molecular complexity index is 306. The minimum absolute atomic E-state index is 0.0644. The van der Waals surface area contributed by atoms with Gasteiger partial charge in [-0.25, -0.2) is 4.98 Å². The molecule has 0 aliphatic heterocycles. The van der Waals surface area contributed by atoms with Crippen molar-refractivity contribution in [2.75, 3.05) is 6.54 Å². The van der Waals surface area contributed by atoms with E-state index < -0.39 is 11.1 Å². The molecule has 0 saturated heterocycles. The Morgan fingerprint density at radius 3 is 2.50 bits per heavy atom.